The number of carbonyl (C=O) groups excluding carboxylic acids is 1. The molecule has 0 bridgehead atoms. The van der Waals surface area contributed by atoms with Crippen LogP contribution in [0.4, 0.5) is 0 Å². The molecule has 2 aromatic carbocycles. The van der Waals surface area contributed by atoms with Crippen LogP contribution < -0.4 is 5.32 Å². The second-order valence-electron chi connectivity index (χ2n) is 7.78. The fourth-order valence-electron chi connectivity index (χ4n) is 4.06. The first-order valence-electron chi connectivity index (χ1n) is 10.5. The molecule has 1 aliphatic carbocycles. The summed E-state index contributed by atoms with van der Waals surface area (Å²) < 4.78 is 1.64. The van der Waals surface area contributed by atoms with Gasteiger partial charge in [0.05, 0.1) is 23.1 Å². The molecule has 0 fully saturated rings. The molecule has 1 N–H and O–H groups in total. The van der Waals surface area contributed by atoms with Crippen LogP contribution in [0.15, 0.2) is 67.0 Å². The molecule has 5 rings (SSSR count). The first-order valence-corrected chi connectivity index (χ1v) is 10.5. The molecule has 0 radical (unpaired) electrons. The van der Waals surface area contributed by atoms with Crippen molar-refractivity contribution in [1.29, 1.82) is 0 Å². The average molecular weight is 409 g/mol. The smallest absolute Gasteiger partial charge is 0.255 e. The molecule has 6 nitrogen and oxygen atoms in total. The summed E-state index contributed by atoms with van der Waals surface area (Å²) in [5, 5.41) is 7.38. The van der Waals surface area contributed by atoms with E-state index in [0.29, 0.717) is 23.8 Å². The molecule has 0 aliphatic heterocycles. The second kappa shape index (κ2) is 8.14. The van der Waals surface area contributed by atoms with E-state index in [1.807, 2.05) is 49.5 Å². The lowest BCUT2D eigenvalue weighted by Gasteiger charge is -2.11. The zero-order valence-electron chi connectivity index (χ0n) is 17.4. The molecule has 1 amide bonds. The van der Waals surface area contributed by atoms with E-state index < -0.39 is 0 Å². The monoisotopic (exact) mass is 409 g/mol. The summed E-state index contributed by atoms with van der Waals surface area (Å²) in [6.07, 6.45) is 6.55. The maximum Gasteiger partial charge on any atom is 0.255 e. The number of nitrogens with zero attached hydrogens (tertiary/aromatic N) is 4. The average Bonchev–Trinajstić information content (AvgIpc) is 3.09. The first-order chi connectivity index (χ1) is 15.2. The minimum atomic E-state index is -0.160. The van der Waals surface area contributed by atoms with Crippen molar-refractivity contribution >= 4 is 5.91 Å². The van der Waals surface area contributed by atoms with Crippen LogP contribution >= 0.6 is 0 Å². The number of amides is 1. The predicted octanol–water partition coefficient (Wildman–Crippen LogP) is 4.06. The van der Waals surface area contributed by atoms with Gasteiger partial charge in [-0.2, -0.15) is 5.10 Å². The topological polar surface area (TPSA) is 72.7 Å². The Kier molecular flexibility index (Phi) is 5.04. The molecule has 2 heterocycles. The number of carbonyl (C=O) groups is 1. The highest BCUT2D eigenvalue weighted by atomic mass is 16.1. The summed E-state index contributed by atoms with van der Waals surface area (Å²) in [5.41, 5.74) is 6.87. The number of aromatic nitrogens is 4. The third-order valence-corrected chi connectivity index (χ3v) is 5.76. The molecule has 0 unspecified atom stereocenters. The van der Waals surface area contributed by atoms with Crippen molar-refractivity contribution in [1.82, 2.24) is 25.1 Å². The van der Waals surface area contributed by atoms with Crippen molar-refractivity contribution in [3.05, 3.63) is 94.9 Å². The Morgan fingerprint density at radius 1 is 1.00 bits per heavy atom. The zero-order valence-corrected chi connectivity index (χ0v) is 17.4. The Labute approximate surface area is 181 Å². The maximum absolute atomic E-state index is 12.7. The molecule has 154 valence electrons. The highest BCUT2D eigenvalue weighted by molar-refractivity contribution is 5.95. The lowest BCUT2D eigenvalue weighted by molar-refractivity contribution is 0.0950. The molecule has 0 atom stereocenters. The molecule has 4 aromatic rings. The standard InChI is InChI=1S/C25H23N5O/c1-17-22(24(31)26-14-18-8-3-2-4-9-18)16-28-30(17)25-27-15-20-12-7-11-19-10-5-6-13-21(19)23(20)29-25/h2-6,8-10,13,15-16H,7,11-12,14H2,1H3,(H,26,31). The highest BCUT2D eigenvalue weighted by Crippen LogP contribution is 2.31. The first kappa shape index (κ1) is 19.2. The number of hydrogen-bond donors (Lipinski definition) is 1. The van der Waals surface area contributed by atoms with E-state index in [1.54, 1.807) is 10.9 Å². The summed E-state index contributed by atoms with van der Waals surface area (Å²) in [5.74, 6) is 0.322. The van der Waals surface area contributed by atoms with Crippen LogP contribution in [0.2, 0.25) is 0 Å². The van der Waals surface area contributed by atoms with Crippen LogP contribution in [0.1, 0.15) is 39.2 Å². The Hall–Kier alpha value is -3.80. The van der Waals surface area contributed by atoms with E-state index in [9.17, 15) is 4.79 Å². The van der Waals surface area contributed by atoms with E-state index in [2.05, 4.69) is 33.6 Å². The summed E-state index contributed by atoms with van der Waals surface area (Å²) in [6.45, 7) is 2.34. The van der Waals surface area contributed by atoms with Crippen LogP contribution in [-0.2, 0) is 19.4 Å². The number of fused-ring (bicyclic) bond motifs is 3. The van der Waals surface area contributed by atoms with Gasteiger partial charge in [-0.25, -0.2) is 14.6 Å². The number of benzene rings is 2. The lowest BCUT2D eigenvalue weighted by atomic mass is 10.0. The fourth-order valence-corrected chi connectivity index (χ4v) is 4.06. The van der Waals surface area contributed by atoms with E-state index in [4.69, 9.17) is 4.98 Å². The van der Waals surface area contributed by atoms with Crippen LogP contribution in [0.25, 0.3) is 17.2 Å². The quantitative estimate of drug-likeness (QED) is 0.552. The minimum absolute atomic E-state index is 0.160. The highest BCUT2D eigenvalue weighted by Gasteiger charge is 2.20. The zero-order chi connectivity index (χ0) is 21.2. The van der Waals surface area contributed by atoms with Gasteiger partial charge in [-0.05, 0) is 42.9 Å². The Morgan fingerprint density at radius 3 is 2.65 bits per heavy atom. The van der Waals surface area contributed by atoms with Crippen molar-refractivity contribution in [3.8, 4) is 17.2 Å². The molecular formula is C25H23N5O. The minimum Gasteiger partial charge on any atom is -0.348 e. The predicted molar refractivity (Wildman–Crippen MR) is 119 cm³/mol. The van der Waals surface area contributed by atoms with Gasteiger partial charge in [0.25, 0.3) is 11.9 Å². The lowest BCUT2D eigenvalue weighted by Crippen LogP contribution is -2.23. The van der Waals surface area contributed by atoms with Crippen molar-refractivity contribution in [2.75, 3.05) is 0 Å². The third kappa shape index (κ3) is 3.72. The second-order valence-corrected chi connectivity index (χ2v) is 7.78. The van der Waals surface area contributed by atoms with Crippen LogP contribution in [0, 0.1) is 6.92 Å². The molecule has 6 heteroatoms. The molecule has 2 aromatic heterocycles. The summed E-state index contributed by atoms with van der Waals surface area (Å²) in [4.78, 5) is 22.2. The van der Waals surface area contributed by atoms with Crippen molar-refractivity contribution in [3.63, 3.8) is 0 Å². The Morgan fingerprint density at radius 2 is 1.77 bits per heavy atom. The molecule has 0 spiro atoms. The van der Waals surface area contributed by atoms with Gasteiger partial charge in [0.15, 0.2) is 0 Å². The van der Waals surface area contributed by atoms with Gasteiger partial charge < -0.3 is 5.32 Å². The number of hydrogen-bond acceptors (Lipinski definition) is 4. The van der Waals surface area contributed by atoms with Crippen molar-refractivity contribution in [2.24, 2.45) is 0 Å². The van der Waals surface area contributed by atoms with E-state index in [1.165, 1.54) is 5.56 Å². The van der Waals surface area contributed by atoms with Gasteiger partial charge in [-0.3, -0.25) is 4.79 Å². The van der Waals surface area contributed by atoms with Gasteiger partial charge in [0.2, 0.25) is 0 Å². The summed E-state index contributed by atoms with van der Waals surface area (Å²) in [6, 6.07) is 18.2. The van der Waals surface area contributed by atoms with E-state index >= 15 is 0 Å². The number of nitrogens with one attached hydrogen (secondary N) is 1. The van der Waals surface area contributed by atoms with Crippen LogP contribution in [0.5, 0.6) is 0 Å². The molecule has 31 heavy (non-hydrogen) atoms. The SMILES string of the molecule is Cc1c(C(=O)NCc2ccccc2)cnn1-c1ncc2c(n1)-c1ccccc1CCC2. The van der Waals surface area contributed by atoms with Crippen LogP contribution in [0.3, 0.4) is 0 Å². The number of rotatable bonds is 4. The van der Waals surface area contributed by atoms with Gasteiger partial charge in [0, 0.05) is 18.3 Å². The fraction of sp³-hybridized carbons (Fsp3) is 0.200. The van der Waals surface area contributed by atoms with E-state index in [-0.39, 0.29) is 5.91 Å². The third-order valence-electron chi connectivity index (χ3n) is 5.76. The van der Waals surface area contributed by atoms with Gasteiger partial charge in [0.1, 0.15) is 0 Å². The van der Waals surface area contributed by atoms with Gasteiger partial charge in [-0.15, -0.1) is 0 Å². The maximum atomic E-state index is 12.7. The largest absolute Gasteiger partial charge is 0.348 e. The molecular weight excluding hydrogens is 386 g/mol. The van der Waals surface area contributed by atoms with Gasteiger partial charge >= 0.3 is 0 Å². The summed E-state index contributed by atoms with van der Waals surface area (Å²) in [7, 11) is 0. The Bertz CT molecular complexity index is 1250. The normalized spacial score (nSPS) is 12.5. The van der Waals surface area contributed by atoms with Crippen molar-refractivity contribution in [2.45, 2.75) is 32.7 Å². The Balaban J connectivity index is 1.44. The molecule has 1 aliphatic rings. The van der Waals surface area contributed by atoms with Gasteiger partial charge in [-0.1, -0.05) is 54.6 Å². The summed E-state index contributed by atoms with van der Waals surface area (Å²) >= 11 is 0. The van der Waals surface area contributed by atoms with Crippen molar-refractivity contribution < 1.29 is 4.79 Å². The van der Waals surface area contributed by atoms with Crippen LogP contribution in [-0.4, -0.2) is 25.7 Å². The number of aryl methyl sites for hydroxylation is 2. The van der Waals surface area contributed by atoms with E-state index in [0.717, 1.165) is 41.6 Å². The molecule has 0 saturated carbocycles. The molecule has 0 saturated heterocycles.